The maximum atomic E-state index is 12.6. The van der Waals surface area contributed by atoms with Crippen LogP contribution in [0.4, 0.5) is 5.69 Å². The molecule has 0 radical (unpaired) electrons. The van der Waals surface area contributed by atoms with E-state index in [1.165, 1.54) is 4.90 Å². The lowest BCUT2D eigenvalue weighted by atomic mass is 10.2. The Morgan fingerprint density at radius 3 is 2.59 bits per heavy atom. The molecule has 0 aliphatic rings. The van der Waals surface area contributed by atoms with Crippen molar-refractivity contribution in [2.24, 2.45) is 0 Å². The number of amides is 1. The maximum absolute atomic E-state index is 12.6. The van der Waals surface area contributed by atoms with Crippen LogP contribution in [0.1, 0.15) is 22.5 Å². The summed E-state index contributed by atoms with van der Waals surface area (Å²) in [5, 5.41) is 9.32. The van der Waals surface area contributed by atoms with Crippen molar-refractivity contribution in [1.82, 2.24) is 4.98 Å². The maximum Gasteiger partial charge on any atom is 0.355 e. The number of nitrogens with zero attached hydrogens (tertiary/aromatic N) is 2. The minimum absolute atomic E-state index is 0.0274. The van der Waals surface area contributed by atoms with Crippen LogP contribution in [-0.2, 0) is 9.53 Å². The van der Waals surface area contributed by atoms with E-state index in [4.69, 9.17) is 10.00 Å². The number of carbonyl (C=O) groups excluding carboxylic acids is 2. The van der Waals surface area contributed by atoms with Crippen molar-refractivity contribution < 1.29 is 14.3 Å². The van der Waals surface area contributed by atoms with Crippen LogP contribution in [0.3, 0.4) is 0 Å². The fourth-order valence-corrected chi connectivity index (χ4v) is 2.87. The molecule has 1 amide bonds. The van der Waals surface area contributed by atoms with Crippen molar-refractivity contribution in [1.29, 1.82) is 5.26 Å². The summed E-state index contributed by atoms with van der Waals surface area (Å²) in [6.45, 7) is 1.60. The zero-order valence-corrected chi connectivity index (χ0v) is 15.8. The number of aromatic nitrogens is 1. The van der Waals surface area contributed by atoms with Gasteiger partial charge in [0.1, 0.15) is 5.69 Å². The van der Waals surface area contributed by atoms with Crippen LogP contribution in [0.5, 0.6) is 0 Å². The number of benzene rings is 2. The summed E-state index contributed by atoms with van der Waals surface area (Å²) in [5.74, 6) is -1.26. The Balaban J connectivity index is 1.73. The van der Waals surface area contributed by atoms with Crippen LogP contribution >= 0.6 is 0 Å². The number of hydrogen-bond acceptors (Lipinski definition) is 5. The number of esters is 1. The number of rotatable bonds is 6. The van der Waals surface area contributed by atoms with E-state index in [2.05, 4.69) is 4.98 Å². The third kappa shape index (κ3) is 4.68. The van der Waals surface area contributed by atoms with Gasteiger partial charge in [-0.05, 0) is 31.2 Å². The van der Waals surface area contributed by atoms with Gasteiger partial charge in [0.2, 0.25) is 0 Å². The summed E-state index contributed by atoms with van der Waals surface area (Å²) in [6, 6.07) is 17.2. The molecule has 0 atom stereocenters. The first-order chi connectivity index (χ1) is 14.0. The first-order valence-electron chi connectivity index (χ1n) is 9.03. The molecule has 1 aromatic heterocycles. The monoisotopic (exact) mass is 389 g/mol. The van der Waals surface area contributed by atoms with Crippen molar-refractivity contribution in [3.8, 4) is 6.07 Å². The van der Waals surface area contributed by atoms with Crippen molar-refractivity contribution >= 4 is 28.5 Å². The lowest BCUT2D eigenvalue weighted by Crippen LogP contribution is -2.35. The quantitative estimate of drug-likeness (QED) is 0.653. The van der Waals surface area contributed by atoms with E-state index in [0.29, 0.717) is 16.6 Å². The first kappa shape index (κ1) is 19.8. The zero-order chi connectivity index (χ0) is 20.8. The minimum Gasteiger partial charge on any atom is -0.451 e. The third-order valence-corrected chi connectivity index (χ3v) is 4.38. The first-order valence-corrected chi connectivity index (χ1v) is 9.03. The molecule has 0 saturated carbocycles. The molecule has 3 rings (SSSR count). The van der Waals surface area contributed by atoms with Gasteiger partial charge in [0.05, 0.1) is 12.5 Å². The fraction of sp³-hybridized carbons (Fsp3) is 0.182. The minimum atomic E-state index is -0.801. The lowest BCUT2D eigenvalue weighted by molar-refractivity contribution is -0.121. The Morgan fingerprint density at radius 1 is 1.14 bits per heavy atom. The van der Waals surface area contributed by atoms with Gasteiger partial charge in [-0.2, -0.15) is 5.26 Å². The number of anilines is 1. The summed E-state index contributed by atoms with van der Waals surface area (Å²) in [5.41, 5.74) is 1.82. The van der Waals surface area contributed by atoms with Gasteiger partial charge in [0, 0.05) is 29.2 Å². The van der Waals surface area contributed by atoms with Crippen LogP contribution in [-0.4, -0.2) is 30.0 Å². The van der Waals surface area contributed by atoms with E-state index < -0.39 is 18.5 Å². The predicted molar refractivity (Wildman–Crippen MR) is 109 cm³/mol. The molecular formula is C22H19N3O4. The predicted octanol–water partition coefficient (Wildman–Crippen LogP) is 2.94. The number of H-pyrrole nitrogens is 1. The van der Waals surface area contributed by atoms with Crippen LogP contribution in [0.15, 0.2) is 59.4 Å². The number of nitriles is 1. The Labute approximate surface area is 167 Å². The number of aromatic amines is 1. The molecule has 0 unspecified atom stereocenters. The van der Waals surface area contributed by atoms with E-state index in [-0.39, 0.29) is 24.1 Å². The largest absolute Gasteiger partial charge is 0.451 e. The molecule has 0 aliphatic carbocycles. The number of aryl methyl sites for hydroxylation is 1. The Bertz CT molecular complexity index is 1140. The second-order valence-electron chi connectivity index (χ2n) is 6.46. The number of pyridine rings is 1. The van der Waals surface area contributed by atoms with Gasteiger partial charge in [-0.25, -0.2) is 4.79 Å². The van der Waals surface area contributed by atoms with Gasteiger partial charge in [0.25, 0.3) is 5.91 Å². The fourth-order valence-electron chi connectivity index (χ4n) is 2.87. The molecular weight excluding hydrogens is 370 g/mol. The highest BCUT2D eigenvalue weighted by molar-refractivity contribution is 5.97. The molecule has 0 bridgehead atoms. The van der Waals surface area contributed by atoms with Gasteiger partial charge in [-0.15, -0.1) is 0 Å². The number of hydrogen-bond donors (Lipinski definition) is 1. The molecule has 0 saturated heterocycles. The summed E-state index contributed by atoms with van der Waals surface area (Å²) in [4.78, 5) is 41.4. The smallest absolute Gasteiger partial charge is 0.355 e. The van der Waals surface area contributed by atoms with Crippen molar-refractivity contribution in [2.75, 3.05) is 18.1 Å². The second kappa shape index (κ2) is 8.85. The molecule has 2 aromatic carbocycles. The number of ether oxygens (including phenoxy) is 1. The molecule has 1 heterocycles. The molecule has 7 heteroatoms. The number of carbonyl (C=O) groups is 2. The van der Waals surface area contributed by atoms with Crippen molar-refractivity contribution in [2.45, 2.75) is 13.3 Å². The second-order valence-corrected chi connectivity index (χ2v) is 6.46. The lowest BCUT2D eigenvalue weighted by Gasteiger charge is -2.21. The molecule has 0 fully saturated rings. The molecule has 1 N–H and O–H groups in total. The van der Waals surface area contributed by atoms with Gasteiger partial charge in [-0.3, -0.25) is 9.59 Å². The number of fused-ring (bicyclic) bond motifs is 1. The average Bonchev–Trinajstić information content (AvgIpc) is 2.73. The number of para-hydroxylation sites is 1. The average molecular weight is 389 g/mol. The molecule has 146 valence electrons. The van der Waals surface area contributed by atoms with Gasteiger partial charge in [-0.1, -0.05) is 29.8 Å². The van der Waals surface area contributed by atoms with E-state index in [9.17, 15) is 14.4 Å². The van der Waals surface area contributed by atoms with E-state index >= 15 is 0 Å². The third-order valence-electron chi connectivity index (χ3n) is 4.38. The molecule has 0 spiro atoms. The van der Waals surface area contributed by atoms with E-state index in [0.717, 1.165) is 11.6 Å². The normalized spacial score (nSPS) is 10.3. The van der Waals surface area contributed by atoms with Gasteiger partial charge >= 0.3 is 5.97 Å². The molecule has 29 heavy (non-hydrogen) atoms. The highest BCUT2D eigenvalue weighted by Gasteiger charge is 2.19. The van der Waals surface area contributed by atoms with Gasteiger partial charge < -0.3 is 14.6 Å². The molecule has 7 nitrogen and oxygen atoms in total. The molecule has 3 aromatic rings. The zero-order valence-electron chi connectivity index (χ0n) is 15.8. The van der Waals surface area contributed by atoms with Crippen LogP contribution < -0.4 is 10.3 Å². The highest BCUT2D eigenvalue weighted by Crippen LogP contribution is 2.16. The summed E-state index contributed by atoms with van der Waals surface area (Å²) in [6.07, 6.45) is 0.144. The van der Waals surface area contributed by atoms with Crippen molar-refractivity contribution in [3.63, 3.8) is 0 Å². The van der Waals surface area contributed by atoms with Crippen LogP contribution in [0, 0.1) is 18.3 Å². The standard InChI is InChI=1S/C22H19N3O4/c1-15-7-9-16(10-8-15)25(12-4-11-23)21(27)14-29-22(28)19-13-20(26)17-5-2-3-6-18(17)24-19/h2-3,5-10,13H,4,12,14H2,1H3,(H,24,26). The Hall–Kier alpha value is -3.92. The van der Waals surface area contributed by atoms with Gasteiger partial charge in [0.15, 0.2) is 12.0 Å². The number of nitrogens with one attached hydrogen (secondary N) is 1. The topological polar surface area (TPSA) is 103 Å². The summed E-state index contributed by atoms with van der Waals surface area (Å²) in [7, 11) is 0. The van der Waals surface area contributed by atoms with Crippen LogP contribution in [0.2, 0.25) is 0 Å². The molecule has 0 aliphatic heterocycles. The Kier molecular flexibility index (Phi) is 6.05. The van der Waals surface area contributed by atoms with Crippen LogP contribution in [0.25, 0.3) is 10.9 Å². The summed E-state index contributed by atoms with van der Waals surface area (Å²) >= 11 is 0. The van der Waals surface area contributed by atoms with E-state index in [1.807, 2.05) is 25.1 Å². The Morgan fingerprint density at radius 2 is 1.86 bits per heavy atom. The summed E-state index contributed by atoms with van der Waals surface area (Å²) < 4.78 is 5.12. The van der Waals surface area contributed by atoms with E-state index in [1.54, 1.807) is 36.4 Å². The highest BCUT2D eigenvalue weighted by atomic mass is 16.5. The van der Waals surface area contributed by atoms with Crippen molar-refractivity contribution in [3.05, 3.63) is 76.1 Å². The SMILES string of the molecule is Cc1ccc(N(CCC#N)C(=O)COC(=O)c2cc(=O)c3ccccc3[nH]2)cc1.